The lowest BCUT2D eigenvalue weighted by Gasteiger charge is -1.51. The molecule has 0 radical (unpaired) electrons. The van der Waals surface area contributed by atoms with Crippen molar-refractivity contribution in [3.63, 3.8) is 0 Å². The van der Waals surface area contributed by atoms with E-state index in [2.05, 4.69) is 9.40 Å². The van der Waals surface area contributed by atoms with Gasteiger partial charge in [0.2, 0.25) is 0 Å². The van der Waals surface area contributed by atoms with Gasteiger partial charge in [-0.2, -0.15) is 9.90 Å². The molecule has 3 nitrogen and oxygen atoms in total. The highest BCUT2D eigenvalue weighted by Gasteiger charge is 1.72. The molecule has 1 aromatic rings. The van der Waals surface area contributed by atoms with E-state index in [1.54, 1.807) is 0 Å². The summed E-state index contributed by atoms with van der Waals surface area (Å²) in [7, 11) is 0. The molecule has 1 unspecified atom stereocenters. The number of hydrogen-bond donors (Lipinski definition) is 1. The average molecular weight is 119 g/mol. The Balaban J connectivity index is 0.000000360. The zero-order chi connectivity index (χ0) is 4.41. The van der Waals surface area contributed by atoms with Crippen molar-refractivity contribution in [2.45, 2.75) is 0 Å². The van der Waals surface area contributed by atoms with Crippen LogP contribution in [0.5, 0.6) is 0 Å². The predicted octanol–water partition coefficient (Wildman–Crippen LogP) is 0.0260. The zero-order valence-corrected chi connectivity index (χ0v) is 5.09. The van der Waals surface area contributed by atoms with Gasteiger partial charge in [0.15, 0.2) is 0 Å². The van der Waals surface area contributed by atoms with Gasteiger partial charge >= 0.3 is 5.76 Å². The third-order valence-corrected chi connectivity index (χ3v) is 0.444. The Hall–Kier alpha value is -0.560. The molecule has 7 heavy (non-hydrogen) atoms. The summed E-state index contributed by atoms with van der Waals surface area (Å²) in [6.45, 7) is 0. The Bertz CT molecular complexity index is 151. The van der Waals surface area contributed by atoms with Crippen molar-refractivity contribution in [2.24, 2.45) is 0 Å². The second kappa shape index (κ2) is 2.59. The highest BCUT2D eigenvalue weighted by Crippen LogP contribution is 1.62. The number of H-pyrrole nitrogens is 1. The van der Waals surface area contributed by atoms with Crippen LogP contribution >= 0.6 is 9.90 Å². The maximum absolute atomic E-state index is 9.85. The first-order chi connectivity index (χ1) is 2.89. The molecule has 0 bridgehead atoms. The molecule has 1 rings (SSSR count). The predicted molar refractivity (Wildman–Crippen MR) is 30.4 cm³/mol. The van der Waals surface area contributed by atoms with Crippen molar-refractivity contribution in [1.82, 2.24) is 4.98 Å². The van der Waals surface area contributed by atoms with Crippen molar-refractivity contribution in [3.8, 4) is 0 Å². The maximum Gasteiger partial charge on any atom is 0.416 e. The molecule has 1 N–H and O–H groups in total. The van der Waals surface area contributed by atoms with Crippen LogP contribution in [0.3, 0.4) is 0 Å². The molecular formula is C3H6NO2P. The molecule has 1 aromatic heterocycles. The Labute approximate surface area is 43.4 Å². The number of hydrogen-bond acceptors (Lipinski definition) is 2. The van der Waals surface area contributed by atoms with Crippen LogP contribution < -0.4 is 5.76 Å². The highest BCUT2D eigenvalue weighted by atomic mass is 31.0. The summed E-state index contributed by atoms with van der Waals surface area (Å²) in [6.07, 6.45) is 2.73. The molecule has 0 aliphatic heterocycles. The van der Waals surface area contributed by atoms with Crippen molar-refractivity contribution in [1.29, 1.82) is 0 Å². The van der Waals surface area contributed by atoms with Gasteiger partial charge < -0.3 is 4.42 Å². The van der Waals surface area contributed by atoms with Gasteiger partial charge in [-0.1, -0.05) is 0 Å². The quantitative estimate of drug-likeness (QED) is 0.489. The Morgan fingerprint density at radius 1 is 1.71 bits per heavy atom. The number of aromatic nitrogens is 1. The summed E-state index contributed by atoms with van der Waals surface area (Å²) in [6, 6.07) is 0. The largest absolute Gasteiger partial charge is 0.417 e. The maximum atomic E-state index is 9.85. The van der Waals surface area contributed by atoms with E-state index in [4.69, 9.17) is 0 Å². The third-order valence-electron chi connectivity index (χ3n) is 0.444. The third kappa shape index (κ3) is 1.55. The molecule has 0 saturated heterocycles. The average Bonchev–Trinajstić information content (AvgIpc) is 1.86. The Morgan fingerprint density at radius 2 is 2.43 bits per heavy atom. The fourth-order valence-corrected chi connectivity index (χ4v) is 0.232. The van der Waals surface area contributed by atoms with Gasteiger partial charge in [0, 0.05) is 6.20 Å². The van der Waals surface area contributed by atoms with Gasteiger partial charge in [0.05, 0.1) is 0 Å². The Kier molecular flexibility index (Phi) is 2.38. The van der Waals surface area contributed by atoms with Crippen LogP contribution in [-0.4, -0.2) is 4.98 Å². The molecule has 1 atom stereocenters. The summed E-state index contributed by atoms with van der Waals surface area (Å²) < 4.78 is 4.22. The Morgan fingerprint density at radius 3 is 2.57 bits per heavy atom. The van der Waals surface area contributed by atoms with Crippen molar-refractivity contribution in [3.05, 3.63) is 23.0 Å². The van der Waals surface area contributed by atoms with Crippen molar-refractivity contribution in [2.75, 3.05) is 0 Å². The summed E-state index contributed by atoms with van der Waals surface area (Å²) in [5.74, 6) is -0.407. The minimum Gasteiger partial charge on any atom is -0.417 e. The smallest absolute Gasteiger partial charge is 0.416 e. The summed E-state index contributed by atoms with van der Waals surface area (Å²) in [5, 5.41) is 0. The monoisotopic (exact) mass is 119 g/mol. The molecule has 0 fully saturated rings. The number of oxazole rings is 1. The van der Waals surface area contributed by atoms with Crippen molar-refractivity contribution < 1.29 is 4.42 Å². The topological polar surface area (TPSA) is 46.0 Å². The molecule has 0 saturated carbocycles. The summed E-state index contributed by atoms with van der Waals surface area (Å²) >= 11 is 0. The van der Waals surface area contributed by atoms with Gasteiger partial charge in [-0.3, -0.25) is 4.98 Å². The van der Waals surface area contributed by atoms with Crippen LogP contribution in [0.2, 0.25) is 0 Å². The van der Waals surface area contributed by atoms with E-state index >= 15 is 0 Å². The van der Waals surface area contributed by atoms with Gasteiger partial charge in [-0.25, -0.2) is 4.79 Å². The zero-order valence-electron chi connectivity index (χ0n) is 3.68. The van der Waals surface area contributed by atoms with E-state index in [-0.39, 0.29) is 9.90 Å². The molecular weight excluding hydrogens is 113 g/mol. The summed E-state index contributed by atoms with van der Waals surface area (Å²) in [5.41, 5.74) is 0. The fourth-order valence-electron chi connectivity index (χ4n) is 0.232. The first kappa shape index (κ1) is 6.44. The van der Waals surface area contributed by atoms with Crippen LogP contribution in [0.4, 0.5) is 0 Å². The molecule has 4 heteroatoms. The van der Waals surface area contributed by atoms with E-state index in [0.717, 1.165) is 0 Å². The number of nitrogens with one attached hydrogen (secondary N) is 1. The van der Waals surface area contributed by atoms with E-state index in [0.29, 0.717) is 0 Å². The van der Waals surface area contributed by atoms with Gasteiger partial charge in [0.1, 0.15) is 6.26 Å². The lowest BCUT2D eigenvalue weighted by Crippen LogP contribution is -1.91. The number of rotatable bonds is 0. The van der Waals surface area contributed by atoms with Gasteiger partial charge in [-0.15, -0.1) is 0 Å². The van der Waals surface area contributed by atoms with Crippen LogP contribution in [0.1, 0.15) is 0 Å². The molecule has 1 heterocycles. The van der Waals surface area contributed by atoms with E-state index in [1.807, 2.05) is 0 Å². The molecule has 0 aliphatic rings. The lowest BCUT2D eigenvalue weighted by atomic mass is 11.0. The van der Waals surface area contributed by atoms with E-state index < -0.39 is 5.76 Å². The van der Waals surface area contributed by atoms with E-state index in [1.165, 1.54) is 12.5 Å². The molecule has 0 aromatic carbocycles. The molecule has 0 spiro atoms. The molecule has 40 valence electrons. The second-order valence-corrected chi connectivity index (χ2v) is 0.852. The van der Waals surface area contributed by atoms with Crippen LogP contribution in [0.15, 0.2) is 21.7 Å². The lowest BCUT2D eigenvalue weighted by molar-refractivity contribution is 0.515. The van der Waals surface area contributed by atoms with Crippen LogP contribution in [-0.2, 0) is 0 Å². The SMILES string of the molecule is O=c1[nH]cco1.P. The first-order valence-electron chi connectivity index (χ1n) is 1.52. The first-order valence-corrected chi connectivity index (χ1v) is 1.52. The van der Waals surface area contributed by atoms with E-state index in [9.17, 15) is 4.79 Å². The molecule has 0 aliphatic carbocycles. The van der Waals surface area contributed by atoms with Gasteiger partial charge in [-0.05, 0) is 0 Å². The highest BCUT2D eigenvalue weighted by molar-refractivity contribution is 6.92. The van der Waals surface area contributed by atoms with Crippen LogP contribution in [0.25, 0.3) is 0 Å². The van der Waals surface area contributed by atoms with Crippen LogP contribution in [0, 0.1) is 0 Å². The number of aromatic amines is 1. The molecule has 0 amide bonds. The second-order valence-electron chi connectivity index (χ2n) is 0.852. The van der Waals surface area contributed by atoms with Gasteiger partial charge in [0.25, 0.3) is 0 Å². The minimum atomic E-state index is -0.407. The van der Waals surface area contributed by atoms with Crippen molar-refractivity contribution >= 4 is 9.90 Å². The summed E-state index contributed by atoms with van der Waals surface area (Å²) in [4.78, 5) is 12.1. The minimum absolute atomic E-state index is 0. The fraction of sp³-hybridized carbons (Fsp3) is 0. The normalized spacial score (nSPS) is 7.43. The standard InChI is InChI=1S/C3H3NO2.H3P/c5-3-4-1-2-6-3;/h1-2H,(H,4,5);1H3.